The predicted molar refractivity (Wildman–Crippen MR) is 102 cm³/mol. The molecular formula is C21H26N2O3. The number of ketones is 1. The van der Waals surface area contributed by atoms with E-state index in [-0.39, 0.29) is 18.3 Å². The lowest BCUT2D eigenvalue weighted by Gasteiger charge is -2.17. The molecule has 1 aliphatic rings. The van der Waals surface area contributed by atoms with Crippen molar-refractivity contribution in [3.05, 3.63) is 52.8 Å². The number of ether oxygens (including phenoxy) is 1. The van der Waals surface area contributed by atoms with Gasteiger partial charge in [0.1, 0.15) is 0 Å². The van der Waals surface area contributed by atoms with Crippen LogP contribution in [-0.4, -0.2) is 30.0 Å². The minimum absolute atomic E-state index is 0.0609. The number of carbonyl (C=O) groups excluding carboxylic acids is 2. The summed E-state index contributed by atoms with van der Waals surface area (Å²) in [5, 5.41) is 3.12. The van der Waals surface area contributed by atoms with Crippen LogP contribution in [0, 0.1) is 13.8 Å². The molecule has 0 amide bonds. The number of aromatic nitrogens is 1. The van der Waals surface area contributed by atoms with E-state index in [1.54, 1.807) is 18.2 Å². The fraction of sp³-hybridized carbons (Fsp3) is 0.429. The topological polar surface area (TPSA) is 60.3 Å². The minimum atomic E-state index is -0.389. The van der Waals surface area contributed by atoms with Crippen LogP contribution in [0.1, 0.15) is 63.8 Å². The molecule has 1 heterocycles. The zero-order chi connectivity index (χ0) is 18.7. The average Bonchev–Trinajstić information content (AvgIpc) is 3.27. The molecule has 5 heteroatoms. The maximum absolute atomic E-state index is 12.7. The van der Waals surface area contributed by atoms with Crippen LogP contribution in [0.4, 0.5) is 5.69 Å². The second kappa shape index (κ2) is 7.77. The molecule has 1 aliphatic carbocycles. The highest BCUT2D eigenvalue weighted by Crippen LogP contribution is 2.33. The Kier molecular flexibility index (Phi) is 5.45. The Morgan fingerprint density at radius 1 is 1.19 bits per heavy atom. The Labute approximate surface area is 154 Å². The van der Waals surface area contributed by atoms with E-state index in [1.165, 1.54) is 32.8 Å². The van der Waals surface area contributed by atoms with E-state index in [0.29, 0.717) is 11.6 Å². The molecule has 26 heavy (non-hydrogen) atoms. The van der Waals surface area contributed by atoms with Crippen LogP contribution in [-0.2, 0) is 4.74 Å². The Morgan fingerprint density at radius 2 is 1.92 bits per heavy atom. The van der Waals surface area contributed by atoms with Gasteiger partial charge in [0.15, 0.2) is 5.78 Å². The molecule has 0 radical (unpaired) electrons. The molecule has 1 aromatic carbocycles. The van der Waals surface area contributed by atoms with E-state index in [4.69, 9.17) is 4.74 Å². The molecule has 2 aromatic rings. The van der Waals surface area contributed by atoms with Gasteiger partial charge < -0.3 is 14.6 Å². The van der Waals surface area contributed by atoms with Crippen molar-refractivity contribution < 1.29 is 14.3 Å². The smallest absolute Gasteiger partial charge is 0.337 e. The van der Waals surface area contributed by atoms with Crippen molar-refractivity contribution >= 4 is 17.4 Å². The Morgan fingerprint density at radius 3 is 2.62 bits per heavy atom. The van der Waals surface area contributed by atoms with Gasteiger partial charge in [-0.1, -0.05) is 18.9 Å². The first-order valence-corrected chi connectivity index (χ1v) is 9.15. The first kappa shape index (κ1) is 18.2. The summed E-state index contributed by atoms with van der Waals surface area (Å²) in [7, 11) is 1.35. The van der Waals surface area contributed by atoms with Gasteiger partial charge >= 0.3 is 5.97 Å². The third-order valence-electron chi connectivity index (χ3n) is 5.21. The average molecular weight is 354 g/mol. The lowest BCUT2D eigenvalue weighted by Crippen LogP contribution is -2.16. The van der Waals surface area contributed by atoms with E-state index in [1.807, 2.05) is 19.1 Å². The number of benzene rings is 1. The summed E-state index contributed by atoms with van der Waals surface area (Å²) in [5.41, 5.74) is 4.19. The van der Waals surface area contributed by atoms with Gasteiger partial charge in [0.2, 0.25) is 0 Å². The maximum Gasteiger partial charge on any atom is 0.337 e. The molecule has 5 nitrogen and oxygen atoms in total. The number of nitrogens with zero attached hydrogens (tertiary/aromatic N) is 1. The Balaban J connectivity index is 1.71. The summed E-state index contributed by atoms with van der Waals surface area (Å²) < 4.78 is 7.06. The van der Waals surface area contributed by atoms with Crippen molar-refractivity contribution in [1.82, 2.24) is 4.57 Å². The van der Waals surface area contributed by atoms with Crippen molar-refractivity contribution in [1.29, 1.82) is 0 Å². The third-order valence-corrected chi connectivity index (χ3v) is 5.21. The zero-order valence-electron chi connectivity index (χ0n) is 15.7. The predicted octanol–water partition coefficient (Wildman–Crippen LogP) is 4.30. The molecular weight excluding hydrogens is 328 g/mol. The summed E-state index contributed by atoms with van der Waals surface area (Å²) in [5.74, 6) is -0.328. The molecule has 0 aliphatic heterocycles. The molecule has 1 saturated carbocycles. The van der Waals surface area contributed by atoms with Crippen LogP contribution in [0.2, 0.25) is 0 Å². The number of carbonyl (C=O) groups is 2. The number of aryl methyl sites for hydroxylation is 1. The fourth-order valence-electron chi connectivity index (χ4n) is 3.94. The van der Waals surface area contributed by atoms with Gasteiger partial charge in [0.25, 0.3) is 0 Å². The second-order valence-corrected chi connectivity index (χ2v) is 6.94. The van der Waals surface area contributed by atoms with E-state index in [9.17, 15) is 9.59 Å². The summed E-state index contributed by atoms with van der Waals surface area (Å²) in [4.78, 5) is 24.3. The molecule has 0 unspecified atom stereocenters. The van der Waals surface area contributed by atoms with Gasteiger partial charge in [-0.25, -0.2) is 4.79 Å². The van der Waals surface area contributed by atoms with Gasteiger partial charge in [-0.05, 0) is 51.0 Å². The summed E-state index contributed by atoms with van der Waals surface area (Å²) >= 11 is 0. The fourth-order valence-corrected chi connectivity index (χ4v) is 3.94. The number of rotatable bonds is 6. The highest BCUT2D eigenvalue weighted by molar-refractivity contribution is 6.00. The van der Waals surface area contributed by atoms with Crippen molar-refractivity contribution in [2.24, 2.45) is 0 Å². The van der Waals surface area contributed by atoms with Gasteiger partial charge in [0.05, 0.1) is 19.2 Å². The quantitative estimate of drug-likeness (QED) is 0.620. The number of anilines is 1. The number of esters is 1. The van der Waals surface area contributed by atoms with Crippen LogP contribution < -0.4 is 5.32 Å². The van der Waals surface area contributed by atoms with Crippen molar-refractivity contribution in [2.45, 2.75) is 45.6 Å². The lowest BCUT2D eigenvalue weighted by atomic mass is 10.1. The maximum atomic E-state index is 12.7. The number of Topliss-reactive ketones (excluding diaryl/α,β-unsaturated/α-hetero) is 1. The van der Waals surface area contributed by atoms with Crippen LogP contribution in [0.25, 0.3) is 0 Å². The Hall–Kier alpha value is -2.56. The number of methoxy groups -OCH3 is 1. The van der Waals surface area contributed by atoms with Crippen LogP contribution in [0.15, 0.2) is 30.3 Å². The zero-order valence-corrected chi connectivity index (χ0v) is 15.7. The molecule has 0 spiro atoms. The SMILES string of the molecule is COC(=O)c1cccc(NCC(=O)c2cc(C)n(C3CCCC3)c2C)c1. The molecule has 3 rings (SSSR count). The Bertz CT molecular complexity index is 817. The lowest BCUT2D eigenvalue weighted by molar-refractivity contribution is 0.0600. The summed E-state index contributed by atoms with van der Waals surface area (Å²) in [6.07, 6.45) is 4.93. The summed E-state index contributed by atoms with van der Waals surface area (Å²) in [6.45, 7) is 4.31. The molecule has 0 saturated heterocycles. The number of hydrogen-bond acceptors (Lipinski definition) is 4. The van der Waals surface area contributed by atoms with Crippen molar-refractivity contribution in [3.8, 4) is 0 Å². The minimum Gasteiger partial charge on any atom is -0.465 e. The van der Waals surface area contributed by atoms with Crippen LogP contribution >= 0.6 is 0 Å². The van der Waals surface area contributed by atoms with Gasteiger partial charge in [-0.3, -0.25) is 4.79 Å². The van der Waals surface area contributed by atoms with E-state index < -0.39 is 0 Å². The van der Waals surface area contributed by atoms with E-state index in [2.05, 4.69) is 16.8 Å². The molecule has 1 fully saturated rings. The molecule has 0 bridgehead atoms. The highest BCUT2D eigenvalue weighted by atomic mass is 16.5. The summed E-state index contributed by atoms with van der Waals surface area (Å²) in [6, 6.07) is 9.52. The first-order chi connectivity index (χ1) is 12.5. The van der Waals surface area contributed by atoms with Crippen LogP contribution in [0.3, 0.4) is 0 Å². The van der Waals surface area contributed by atoms with Gasteiger partial charge in [-0.2, -0.15) is 0 Å². The first-order valence-electron chi connectivity index (χ1n) is 9.15. The molecule has 1 N–H and O–H groups in total. The third kappa shape index (κ3) is 3.66. The van der Waals surface area contributed by atoms with Gasteiger partial charge in [-0.15, -0.1) is 0 Å². The van der Waals surface area contributed by atoms with Crippen molar-refractivity contribution in [2.75, 3.05) is 19.0 Å². The van der Waals surface area contributed by atoms with E-state index >= 15 is 0 Å². The standard InChI is InChI=1S/C21H26N2O3/c1-14-11-19(15(2)23(14)18-9-4-5-10-18)20(24)13-22-17-8-6-7-16(12-17)21(25)26-3/h6-8,11-12,18,22H,4-5,9-10,13H2,1-3H3. The molecule has 138 valence electrons. The second-order valence-electron chi connectivity index (χ2n) is 6.94. The normalized spacial score (nSPS) is 14.4. The number of hydrogen-bond donors (Lipinski definition) is 1. The number of nitrogens with one attached hydrogen (secondary N) is 1. The van der Waals surface area contributed by atoms with Gasteiger partial charge in [0, 0.05) is 28.7 Å². The van der Waals surface area contributed by atoms with E-state index in [0.717, 1.165) is 22.6 Å². The molecule has 1 aromatic heterocycles. The van der Waals surface area contributed by atoms with Crippen LogP contribution in [0.5, 0.6) is 0 Å². The monoisotopic (exact) mass is 354 g/mol. The molecule has 0 atom stereocenters. The highest BCUT2D eigenvalue weighted by Gasteiger charge is 2.23. The van der Waals surface area contributed by atoms with Crippen molar-refractivity contribution in [3.63, 3.8) is 0 Å². The largest absolute Gasteiger partial charge is 0.465 e.